The quantitative estimate of drug-likeness (QED) is 0.185. The van der Waals surface area contributed by atoms with Gasteiger partial charge in [0.05, 0.1) is 25.3 Å². The van der Waals surface area contributed by atoms with Crippen molar-refractivity contribution in [3.63, 3.8) is 0 Å². The first kappa shape index (κ1) is 27.4. The number of ether oxygens (including phenoxy) is 2. The SMILES string of the molecule is COc1ccc(Br)c(C=N[C@H](c2ccccc2)[C@H](N=Cc2c(Br)ccc(OC)c2O)c2ccccc2)c1O. The summed E-state index contributed by atoms with van der Waals surface area (Å²) in [6.45, 7) is 0. The topological polar surface area (TPSA) is 83.6 Å². The first-order valence-corrected chi connectivity index (χ1v) is 13.3. The van der Waals surface area contributed by atoms with Gasteiger partial charge in [0, 0.05) is 21.4 Å². The molecule has 0 fully saturated rings. The first-order valence-electron chi connectivity index (χ1n) is 11.7. The van der Waals surface area contributed by atoms with E-state index in [1.54, 1.807) is 36.7 Å². The number of methoxy groups -OCH3 is 2. The maximum atomic E-state index is 10.8. The van der Waals surface area contributed by atoms with Crippen molar-refractivity contribution in [2.24, 2.45) is 9.98 Å². The fourth-order valence-corrected chi connectivity index (χ4v) is 4.86. The molecule has 194 valence electrons. The van der Waals surface area contributed by atoms with Crippen molar-refractivity contribution in [2.75, 3.05) is 14.2 Å². The van der Waals surface area contributed by atoms with Crippen molar-refractivity contribution in [1.29, 1.82) is 0 Å². The molecule has 2 N–H and O–H groups in total. The number of aliphatic imine (C=N–C) groups is 2. The van der Waals surface area contributed by atoms with E-state index in [0.717, 1.165) is 11.1 Å². The van der Waals surface area contributed by atoms with E-state index in [2.05, 4.69) is 31.9 Å². The van der Waals surface area contributed by atoms with Gasteiger partial charge in [-0.1, -0.05) is 60.7 Å². The van der Waals surface area contributed by atoms with Crippen molar-refractivity contribution in [1.82, 2.24) is 0 Å². The summed E-state index contributed by atoms with van der Waals surface area (Å²) in [6.07, 6.45) is 3.26. The predicted molar refractivity (Wildman–Crippen MR) is 158 cm³/mol. The van der Waals surface area contributed by atoms with Crippen LogP contribution in [0.1, 0.15) is 34.3 Å². The smallest absolute Gasteiger partial charge is 0.167 e. The summed E-state index contributed by atoms with van der Waals surface area (Å²) < 4.78 is 11.9. The zero-order valence-corrected chi connectivity index (χ0v) is 23.9. The highest BCUT2D eigenvalue weighted by molar-refractivity contribution is 9.10. The molecule has 0 aliphatic rings. The fourth-order valence-electron chi connectivity index (χ4n) is 4.01. The molecule has 0 unspecified atom stereocenters. The summed E-state index contributed by atoms with van der Waals surface area (Å²) in [5.74, 6) is 0.675. The van der Waals surface area contributed by atoms with E-state index in [0.29, 0.717) is 31.6 Å². The van der Waals surface area contributed by atoms with Gasteiger partial charge >= 0.3 is 0 Å². The Hall–Kier alpha value is -3.62. The zero-order valence-electron chi connectivity index (χ0n) is 20.8. The second kappa shape index (κ2) is 12.8. The fraction of sp³-hybridized carbons (Fsp3) is 0.133. The molecule has 38 heavy (non-hydrogen) atoms. The van der Waals surface area contributed by atoms with Crippen molar-refractivity contribution in [3.05, 3.63) is 116 Å². The van der Waals surface area contributed by atoms with Crippen molar-refractivity contribution in [2.45, 2.75) is 12.1 Å². The molecule has 6 nitrogen and oxygen atoms in total. The van der Waals surface area contributed by atoms with Gasteiger partial charge in [-0.25, -0.2) is 0 Å². The van der Waals surface area contributed by atoms with Crippen LogP contribution in [-0.4, -0.2) is 36.9 Å². The molecule has 0 saturated heterocycles. The number of phenolic OH excluding ortho intramolecular Hbond substituents is 2. The number of rotatable bonds is 9. The number of aromatic hydroxyl groups is 2. The van der Waals surface area contributed by atoms with Crippen LogP contribution < -0.4 is 9.47 Å². The Bertz CT molecular complexity index is 1330. The van der Waals surface area contributed by atoms with Gasteiger partial charge < -0.3 is 19.7 Å². The van der Waals surface area contributed by atoms with Gasteiger partial charge in [-0.15, -0.1) is 0 Å². The van der Waals surface area contributed by atoms with Gasteiger partial charge in [0.1, 0.15) is 12.1 Å². The van der Waals surface area contributed by atoms with E-state index >= 15 is 0 Å². The molecule has 4 rings (SSSR count). The highest BCUT2D eigenvalue weighted by Gasteiger charge is 2.24. The Morgan fingerprint density at radius 3 is 1.32 bits per heavy atom. The third-order valence-electron chi connectivity index (χ3n) is 6.00. The lowest BCUT2D eigenvalue weighted by Gasteiger charge is -2.22. The van der Waals surface area contributed by atoms with Crippen LogP contribution in [0.15, 0.2) is 104 Å². The van der Waals surface area contributed by atoms with E-state index in [-0.39, 0.29) is 11.5 Å². The van der Waals surface area contributed by atoms with Gasteiger partial charge in [-0.3, -0.25) is 9.98 Å². The predicted octanol–water partition coefficient (Wildman–Crippen LogP) is 7.66. The third kappa shape index (κ3) is 6.09. The van der Waals surface area contributed by atoms with Crippen LogP contribution in [0.2, 0.25) is 0 Å². The molecule has 0 amide bonds. The molecule has 0 radical (unpaired) electrons. The van der Waals surface area contributed by atoms with Gasteiger partial charge in [0.15, 0.2) is 23.0 Å². The summed E-state index contributed by atoms with van der Waals surface area (Å²) in [6, 6.07) is 25.7. The van der Waals surface area contributed by atoms with Crippen LogP contribution in [0.3, 0.4) is 0 Å². The molecule has 0 aromatic heterocycles. The number of nitrogens with zero attached hydrogens (tertiary/aromatic N) is 2. The number of halogens is 2. The summed E-state index contributed by atoms with van der Waals surface area (Å²) in [5, 5.41) is 21.5. The molecule has 0 spiro atoms. The third-order valence-corrected chi connectivity index (χ3v) is 7.39. The summed E-state index contributed by atoms with van der Waals surface area (Å²) in [7, 11) is 3.01. The molecule has 0 aliphatic heterocycles. The summed E-state index contributed by atoms with van der Waals surface area (Å²) >= 11 is 7.02. The van der Waals surface area contributed by atoms with Crippen LogP contribution in [0.25, 0.3) is 0 Å². The lowest BCUT2D eigenvalue weighted by atomic mass is 9.94. The number of hydrogen-bond donors (Lipinski definition) is 2. The molecule has 0 bridgehead atoms. The Morgan fingerprint density at radius 2 is 0.974 bits per heavy atom. The van der Waals surface area contributed by atoms with Crippen LogP contribution in [0.4, 0.5) is 0 Å². The van der Waals surface area contributed by atoms with Gasteiger partial charge in [-0.05, 0) is 67.3 Å². The molecular formula is C30H26Br2N2O4. The minimum absolute atomic E-state index is 0.0116. The summed E-state index contributed by atoms with van der Waals surface area (Å²) in [4.78, 5) is 9.89. The Balaban J connectivity index is 1.86. The molecule has 2 atom stereocenters. The van der Waals surface area contributed by atoms with Crippen LogP contribution in [0.5, 0.6) is 23.0 Å². The Labute approximate surface area is 238 Å². The van der Waals surface area contributed by atoms with Crippen molar-refractivity contribution < 1.29 is 19.7 Å². The van der Waals surface area contributed by atoms with E-state index in [4.69, 9.17) is 19.5 Å². The van der Waals surface area contributed by atoms with E-state index in [1.165, 1.54) is 14.2 Å². The van der Waals surface area contributed by atoms with Gasteiger partial charge in [0.25, 0.3) is 0 Å². The Morgan fingerprint density at radius 1 is 0.605 bits per heavy atom. The Kier molecular flexibility index (Phi) is 9.20. The van der Waals surface area contributed by atoms with Crippen LogP contribution in [0, 0.1) is 0 Å². The highest BCUT2D eigenvalue weighted by Crippen LogP contribution is 2.39. The van der Waals surface area contributed by atoms with Crippen LogP contribution >= 0.6 is 31.9 Å². The number of benzene rings is 4. The average molecular weight is 638 g/mol. The molecular weight excluding hydrogens is 612 g/mol. The minimum atomic E-state index is -0.459. The van der Waals surface area contributed by atoms with E-state index < -0.39 is 12.1 Å². The largest absolute Gasteiger partial charge is 0.504 e. The van der Waals surface area contributed by atoms with Gasteiger partial charge in [0.2, 0.25) is 0 Å². The molecule has 4 aromatic carbocycles. The molecule has 0 heterocycles. The summed E-state index contributed by atoms with van der Waals surface area (Å²) in [5.41, 5.74) is 2.85. The van der Waals surface area contributed by atoms with Gasteiger partial charge in [-0.2, -0.15) is 0 Å². The van der Waals surface area contributed by atoms with E-state index in [9.17, 15) is 10.2 Å². The molecule has 0 aliphatic carbocycles. The lowest BCUT2D eigenvalue weighted by molar-refractivity contribution is 0.373. The molecule has 0 saturated carbocycles. The lowest BCUT2D eigenvalue weighted by Crippen LogP contribution is -2.09. The maximum absolute atomic E-state index is 10.8. The molecule has 8 heteroatoms. The second-order valence-corrected chi connectivity index (χ2v) is 10.00. The average Bonchev–Trinajstić information content (AvgIpc) is 2.94. The minimum Gasteiger partial charge on any atom is -0.504 e. The van der Waals surface area contributed by atoms with Crippen LogP contribution in [-0.2, 0) is 0 Å². The maximum Gasteiger partial charge on any atom is 0.167 e. The monoisotopic (exact) mass is 636 g/mol. The van der Waals surface area contributed by atoms with Crippen molar-refractivity contribution >= 4 is 44.3 Å². The van der Waals surface area contributed by atoms with E-state index in [1.807, 2.05) is 60.7 Å². The standard InChI is InChI=1S/C30H26Br2N2O4/c1-37-25-15-13-23(31)21(29(25)35)17-33-27(19-9-5-3-6-10-19)28(20-11-7-4-8-12-20)34-18-22-24(32)14-16-26(38-2)30(22)36/h3-18,27-28,35-36H,1-2H3/t27-,28-/m1/s1. The normalized spacial score (nSPS) is 13.1. The number of phenols is 2. The second-order valence-electron chi connectivity index (χ2n) is 8.29. The number of hydrogen-bond acceptors (Lipinski definition) is 6. The highest BCUT2D eigenvalue weighted by atomic mass is 79.9. The van der Waals surface area contributed by atoms with Crippen molar-refractivity contribution in [3.8, 4) is 23.0 Å². The molecule has 4 aromatic rings. The zero-order chi connectivity index (χ0) is 27.1. The first-order chi connectivity index (χ1) is 18.4.